The van der Waals surface area contributed by atoms with Crippen molar-refractivity contribution in [3.8, 4) is 0 Å². The maximum absolute atomic E-state index is 12.5. The fraction of sp³-hybridized carbons (Fsp3) is 0.500. The van der Waals surface area contributed by atoms with Crippen molar-refractivity contribution in [1.82, 2.24) is 4.90 Å². The second kappa shape index (κ2) is 6.91. The number of nitrogens with zero attached hydrogens (tertiary/aromatic N) is 2. The van der Waals surface area contributed by atoms with E-state index in [1.54, 1.807) is 17.0 Å². The minimum atomic E-state index is -0.515. The molecule has 1 aromatic rings. The first kappa shape index (κ1) is 15.8. The first-order valence-electron chi connectivity index (χ1n) is 6.79. The van der Waals surface area contributed by atoms with E-state index in [2.05, 4.69) is 0 Å². The highest BCUT2D eigenvalue weighted by molar-refractivity contribution is 7.98. The number of rotatable bonds is 5. The van der Waals surface area contributed by atoms with Crippen molar-refractivity contribution in [2.24, 2.45) is 5.92 Å². The van der Waals surface area contributed by atoms with Gasteiger partial charge in [0.1, 0.15) is 5.56 Å². The molecule has 1 N–H and O–H groups in total. The highest BCUT2D eigenvalue weighted by Crippen LogP contribution is 2.28. The van der Waals surface area contributed by atoms with E-state index in [9.17, 15) is 14.9 Å². The molecule has 2 rings (SSSR count). The van der Waals surface area contributed by atoms with Gasteiger partial charge in [-0.2, -0.15) is 0 Å². The molecule has 1 aliphatic rings. The molecular weight excluding hydrogens is 292 g/mol. The van der Waals surface area contributed by atoms with Gasteiger partial charge in [0.25, 0.3) is 11.6 Å². The second-order valence-corrected chi connectivity index (χ2v) is 5.94. The summed E-state index contributed by atoms with van der Waals surface area (Å²) in [6.07, 6.45) is 3.36. The third-order valence-corrected chi connectivity index (χ3v) is 4.47. The lowest BCUT2D eigenvalue weighted by molar-refractivity contribution is -0.385. The number of aliphatic hydroxyl groups excluding tert-OH is 1. The number of benzene rings is 1. The van der Waals surface area contributed by atoms with Crippen LogP contribution in [0.4, 0.5) is 5.69 Å². The zero-order chi connectivity index (χ0) is 15.4. The van der Waals surface area contributed by atoms with Crippen molar-refractivity contribution in [3.05, 3.63) is 33.9 Å². The van der Waals surface area contributed by atoms with Crippen LogP contribution < -0.4 is 0 Å². The molecule has 0 radical (unpaired) electrons. The van der Waals surface area contributed by atoms with Gasteiger partial charge in [-0.05, 0) is 37.1 Å². The highest BCUT2D eigenvalue weighted by Gasteiger charge is 2.30. The lowest BCUT2D eigenvalue weighted by Crippen LogP contribution is -2.29. The van der Waals surface area contributed by atoms with Crippen LogP contribution in [0.3, 0.4) is 0 Å². The monoisotopic (exact) mass is 310 g/mol. The van der Waals surface area contributed by atoms with Gasteiger partial charge in [0.2, 0.25) is 0 Å². The highest BCUT2D eigenvalue weighted by atomic mass is 32.2. The number of hydrogen-bond donors (Lipinski definition) is 1. The zero-order valence-corrected chi connectivity index (χ0v) is 12.6. The number of carbonyl (C=O) groups is 1. The molecule has 0 aliphatic carbocycles. The number of nitro benzene ring substituents is 1. The molecule has 1 unspecified atom stereocenters. The van der Waals surface area contributed by atoms with E-state index in [4.69, 9.17) is 5.11 Å². The lowest BCUT2D eigenvalue weighted by Gasteiger charge is -2.17. The lowest BCUT2D eigenvalue weighted by atomic mass is 10.1. The summed E-state index contributed by atoms with van der Waals surface area (Å²) in [5.74, 6) is -0.0141. The SMILES string of the molecule is CSc1ccc([N+](=O)[O-])c(C(=O)N2CCC(CCO)C2)c1. The van der Waals surface area contributed by atoms with Crippen molar-refractivity contribution < 1.29 is 14.8 Å². The first-order chi connectivity index (χ1) is 10.1. The molecule has 1 saturated heterocycles. The van der Waals surface area contributed by atoms with Crippen LogP contribution in [0.15, 0.2) is 23.1 Å². The Balaban J connectivity index is 2.24. The van der Waals surface area contributed by atoms with Crippen LogP contribution in [0, 0.1) is 16.0 Å². The predicted molar refractivity (Wildman–Crippen MR) is 80.6 cm³/mol. The number of thioether (sulfide) groups is 1. The Labute approximate surface area is 127 Å². The molecule has 6 nitrogen and oxygen atoms in total. The van der Waals surface area contributed by atoms with Crippen molar-refractivity contribution >= 4 is 23.4 Å². The average Bonchev–Trinajstić information content (AvgIpc) is 2.94. The van der Waals surface area contributed by atoms with E-state index in [1.165, 1.54) is 17.8 Å². The number of nitro groups is 1. The van der Waals surface area contributed by atoms with Crippen molar-refractivity contribution in [2.45, 2.75) is 17.7 Å². The maximum atomic E-state index is 12.5. The molecule has 1 fully saturated rings. The molecule has 1 heterocycles. The van der Waals surface area contributed by atoms with Crippen LogP contribution in [0.2, 0.25) is 0 Å². The van der Waals surface area contributed by atoms with Crippen molar-refractivity contribution in [1.29, 1.82) is 0 Å². The number of aliphatic hydroxyl groups is 1. The molecule has 0 bridgehead atoms. The summed E-state index contributed by atoms with van der Waals surface area (Å²) in [5, 5.41) is 20.1. The van der Waals surface area contributed by atoms with E-state index < -0.39 is 4.92 Å². The fourth-order valence-electron chi connectivity index (χ4n) is 2.58. The van der Waals surface area contributed by atoms with E-state index in [0.29, 0.717) is 19.5 Å². The van der Waals surface area contributed by atoms with Gasteiger partial charge in [-0.15, -0.1) is 11.8 Å². The molecule has 1 amide bonds. The Hall–Kier alpha value is -1.60. The topological polar surface area (TPSA) is 83.7 Å². The summed E-state index contributed by atoms with van der Waals surface area (Å²) in [5.41, 5.74) is -0.0000864. The molecule has 0 saturated carbocycles. The number of amides is 1. The van der Waals surface area contributed by atoms with Crippen LogP contribution in [-0.4, -0.2) is 46.8 Å². The van der Waals surface area contributed by atoms with Crippen LogP contribution >= 0.6 is 11.8 Å². The summed E-state index contributed by atoms with van der Waals surface area (Å²) in [6.45, 7) is 1.25. The molecule has 21 heavy (non-hydrogen) atoms. The van der Waals surface area contributed by atoms with Gasteiger partial charge in [-0.25, -0.2) is 0 Å². The smallest absolute Gasteiger partial charge is 0.282 e. The number of carbonyl (C=O) groups excluding carboxylic acids is 1. The Bertz CT molecular complexity index is 550. The van der Waals surface area contributed by atoms with Gasteiger partial charge in [0.15, 0.2) is 0 Å². The van der Waals surface area contributed by atoms with Crippen LogP contribution in [0.25, 0.3) is 0 Å². The second-order valence-electron chi connectivity index (χ2n) is 5.06. The van der Waals surface area contributed by atoms with Gasteiger partial charge in [-0.1, -0.05) is 0 Å². The van der Waals surface area contributed by atoms with E-state index in [-0.39, 0.29) is 29.7 Å². The number of likely N-dealkylation sites (tertiary alicyclic amines) is 1. The largest absolute Gasteiger partial charge is 0.396 e. The van der Waals surface area contributed by atoms with Crippen LogP contribution in [-0.2, 0) is 0 Å². The third kappa shape index (κ3) is 3.54. The van der Waals surface area contributed by atoms with E-state index in [1.807, 2.05) is 6.26 Å². The van der Waals surface area contributed by atoms with Crippen LogP contribution in [0.1, 0.15) is 23.2 Å². The zero-order valence-electron chi connectivity index (χ0n) is 11.8. The molecular formula is C14H18N2O4S. The molecule has 1 atom stereocenters. The summed E-state index contributed by atoms with van der Waals surface area (Å²) in [7, 11) is 0. The quantitative estimate of drug-likeness (QED) is 0.512. The standard InChI is InChI=1S/C14H18N2O4S/c1-21-11-2-3-13(16(19)20)12(8-11)14(18)15-6-4-10(9-15)5-7-17/h2-3,8,10,17H,4-7,9H2,1H3. The van der Waals surface area contributed by atoms with Crippen LogP contribution in [0.5, 0.6) is 0 Å². The third-order valence-electron chi connectivity index (χ3n) is 3.74. The summed E-state index contributed by atoms with van der Waals surface area (Å²) in [6, 6.07) is 4.63. The molecule has 114 valence electrons. The van der Waals surface area contributed by atoms with Gasteiger partial charge < -0.3 is 10.0 Å². The Morgan fingerprint density at radius 2 is 2.33 bits per heavy atom. The van der Waals surface area contributed by atoms with E-state index >= 15 is 0 Å². The molecule has 1 aliphatic heterocycles. The molecule has 0 aromatic heterocycles. The predicted octanol–water partition coefficient (Wildman–Crippen LogP) is 2.16. The van der Waals surface area contributed by atoms with Crippen molar-refractivity contribution in [3.63, 3.8) is 0 Å². The molecule has 0 spiro atoms. The summed E-state index contributed by atoms with van der Waals surface area (Å²) < 4.78 is 0. The summed E-state index contributed by atoms with van der Waals surface area (Å²) in [4.78, 5) is 25.6. The number of hydrogen-bond acceptors (Lipinski definition) is 5. The van der Waals surface area contributed by atoms with Gasteiger partial charge in [0.05, 0.1) is 4.92 Å². The van der Waals surface area contributed by atoms with Gasteiger partial charge in [0, 0.05) is 30.7 Å². The normalized spacial score (nSPS) is 18.0. The van der Waals surface area contributed by atoms with Gasteiger partial charge in [-0.3, -0.25) is 14.9 Å². The van der Waals surface area contributed by atoms with Crippen molar-refractivity contribution in [2.75, 3.05) is 26.0 Å². The van der Waals surface area contributed by atoms with E-state index in [0.717, 1.165) is 11.3 Å². The minimum absolute atomic E-state index is 0.106. The maximum Gasteiger partial charge on any atom is 0.282 e. The Morgan fingerprint density at radius 1 is 1.57 bits per heavy atom. The minimum Gasteiger partial charge on any atom is -0.396 e. The average molecular weight is 310 g/mol. The Kier molecular flexibility index (Phi) is 5.19. The Morgan fingerprint density at radius 3 is 2.95 bits per heavy atom. The molecule has 7 heteroatoms. The fourth-order valence-corrected chi connectivity index (χ4v) is 3.02. The molecule has 1 aromatic carbocycles. The van der Waals surface area contributed by atoms with Gasteiger partial charge >= 0.3 is 0 Å². The first-order valence-corrected chi connectivity index (χ1v) is 8.02. The summed E-state index contributed by atoms with van der Waals surface area (Å²) >= 11 is 1.45.